The highest BCUT2D eigenvalue weighted by atomic mass is 35.5. The van der Waals surface area contributed by atoms with Crippen LogP contribution in [0, 0.1) is 17.6 Å². The Morgan fingerprint density at radius 3 is 2.48 bits per heavy atom. The molecule has 116 valence electrons. The van der Waals surface area contributed by atoms with Crippen LogP contribution in [0.5, 0.6) is 0 Å². The predicted molar refractivity (Wildman–Crippen MR) is 76.5 cm³/mol. The van der Waals surface area contributed by atoms with Crippen molar-refractivity contribution >= 4 is 24.1 Å². The monoisotopic (exact) mass is 318 g/mol. The van der Waals surface area contributed by atoms with Crippen molar-refractivity contribution in [1.82, 2.24) is 10.6 Å². The number of hydrogen-bond acceptors (Lipinski definition) is 3. The number of hydrogen-bond donors (Lipinski definition) is 2. The van der Waals surface area contributed by atoms with E-state index in [2.05, 4.69) is 10.6 Å². The first-order valence-corrected chi connectivity index (χ1v) is 6.52. The quantitative estimate of drug-likeness (QED) is 0.785. The molecule has 1 amide bonds. The number of ketones is 1. The molecular weight excluding hydrogens is 302 g/mol. The summed E-state index contributed by atoms with van der Waals surface area (Å²) in [6, 6.07) is 2.99. The molecular formula is C14H17ClF2N2O2. The zero-order valence-corrected chi connectivity index (χ0v) is 12.1. The highest BCUT2D eigenvalue weighted by Crippen LogP contribution is 2.11. The smallest absolute Gasteiger partial charge is 0.220 e. The Morgan fingerprint density at radius 2 is 1.90 bits per heavy atom. The Bertz CT molecular complexity index is 522. The molecule has 21 heavy (non-hydrogen) atoms. The van der Waals surface area contributed by atoms with Gasteiger partial charge < -0.3 is 10.6 Å². The van der Waals surface area contributed by atoms with Crippen LogP contribution in [-0.4, -0.2) is 31.3 Å². The lowest BCUT2D eigenvalue weighted by Gasteiger charge is -2.27. The predicted octanol–water partition coefficient (Wildman–Crippen LogP) is 1.69. The maximum atomic E-state index is 13.0. The van der Waals surface area contributed by atoms with Crippen molar-refractivity contribution in [2.75, 3.05) is 19.6 Å². The van der Waals surface area contributed by atoms with Crippen molar-refractivity contribution in [3.8, 4) is 0 Å². The summed E-state index contributed by atoms with van der Waals surface area (Å²) in [5.41, 5.74) is 0.0832. The van der Waals surface area contributed by atoms with Crippen molar-refractivity contribution in [3.63, 3.8) is 0 Å². The number of carbonyl (C=O) groups excluding carboxylic acids is 2. The van der Waals surface area contributed by atoms with Crippen molar-refractivity contribution in [3.05, 3.63) is 35.4 Å². The molecule has 1 saturated heterocycles. The van der Waals surface area contributed by atoms with Crippen molar-refractivity contribution in [1.29, 1.82) is 0 Å². The van der Waals surface area contributed by atoms with E-state index in [1.54, 1.807) is 0 Å². The van der Waals surface area contributed by atoms with Gasteiger partial charge in [-0.25, -0.2) is 8.78 Å². The molecule has 1 heterocycles. The van der Waals surface area contributed by atoms with Gasteiger partial charge >= 0.3 is 0 Å². The molecule has 0 aliphatic carbocycles. The van der Waals surface area contributed by atoms with E-state index in [4.69, 9.17) is 0 Å². The highest BCUT2D eigenvalue weighted by Gasteiger charge is 2.17. The molecule has 0 aromatic heterocycles. The fourth-order valence-corrected chi connectivity index (χ4v) is 1.88. The Kier molecular flexibility index (Phi) is 6.71. The van der Waals surface area contributed by atoms with Crippen LogP contribution < -0.4 is 10.6 Å². The number of Topliss-reactive ketones (excluding diaryl/α,β-unsaturated/α-hetero) is 1. The minimum absolute atomic E-state index is 0. The molecule has 1 aliphatic rings. The SMILES string of the molecule is Cl.O=C(CCC(=O)c1ccc(F)c(F)c1)NCC1CNC1. The molecule has 0 bridgehead atoms. The van der Waals surface area contributed by atoms with E-state index in [9.17, 15) is 18.4 Å². The number of amides is 1. The first-order chi connectivity index (χ1) is 9.56. The zero-order valence-electron chi connectivity index (χ0n) is 11.3. The fraction of sp³-hybridized carbons (Fsp3) is 0.429. The molecule has 1 aromatic carbocycles. The van der Waals surface area contributed by atoms with E-state index < -0.39 is 11.6 Å². The van der Waals surface area contributed by atoms with Crippen molar-refractivity contribution in [2.24, 2.45) is 5.92 Å². The molecule has 0 saturated carbocycles. The van der Waals surface area contributed by atoms with Gasteiger partial charge in [0, 0.05) is 44.0 Å². The standard InChI is InChI=1S/C14H16F2N2O2.ClH/c15-11-2-1-10(5-12(11)16)13(19)3-4-14(20)18-8-9-6-17-7-9;/h1-2,5,9,17H,3-4,6-8H2,(H,18,20);1H. The molecule has 2 rings (SSSR count). The third kappa shape index (κ3) is 5.06. The Morgan fingerprint density at radius 1 is 1.19 bits per heavy atom. The van der Waals surface area contributed by atoms with Crippen molar-refractivity contribution in [2.45, 2.75) is 12.8 Å². The van der Waals surface area contributed by atoms with E-state index in [1.165, 1.54) is 6.07 Å². The molecule has 0 unspecified atom stereocenters. The van der Waals surface area contributed by atoms with Crippen LogP contribution in [0.4, 0.5) is 8.78 Å². The molecule has 0 spiro atoms. The third-order valence-electron chi connectivity index (χ3n) is 3.27. The maximum absolute atomic E-state index is 13.0. The van der Waals surface area contributed by atoms with Gasteiger partial charge in [-0.05, 0) is 18.2 Å². The normalized spacial score (nSPS) is 14.0. The first-order valence-electron chi connectivity index (χ1n) is 6.52. The van der Waals surface area contributed by atoms with Crippen LogP contribution in [-0.2, 0) is 4.79 Å². The van der Waals surface area contributed by atoms with Gasteiger partial charge in [-0.3, -0.25) is 9.59 Å². The largest absolute Gasteiger partial charge is 0.356 e. The van der Waals surface area contributed by atoms with E-state index in [0.717, 1.165) is 25.2 Å². The number of halogens is 3. The van der Waals surface area contributed by atoms with Crippen molar-refractivity contribution < 1.29 is 18.4 Å². The van der Waals surface area contributed by atoms with Gasteiger partial charge in [0.1, 0.15) is 0 Å². The van der Waals surface area contributed by atoms with Crippen LogP contribution in [0.1, 0.15) is 23.2 Å². The fourth-order valence-electron chi connectivity index (χ4n) is 1.88. The zero-order chi connectivity index (χ0) is 14.5. The van der Waals surface area contributed by atoms with Gasteiger partial charge in [0.15, 0.2) is 17.4 Å². The van der Waals surface area contributed by atoms with E-state index in [0.29, 0.717) is 12.5 Å². The molecule has 4 nitrogen and oxygen atoms in total. The average Bonchev–Trinajstić information content (AvgIpc) is 2.37. The molecule has 1 fully saturated rings. The Balaban J connectivity index is 0.00000220. The van der Waals surface area contributed by atoms with Gasteiger partial charge in [-0.1, -0.05) is 0 Å². The molecule has 0 radical (unpaired) electrons. The molecule has 1 aliphatic heterocycles. The lowest BCUT2D eigenvalue weighted by atomic mass is 10.0. The number of benzene rings is 1. The third-order valence-corrected chi connectivity index (χ3v) is 3.27. The van der Waals surface area contributed by atoms with Crippen LogP contribution in [0.25, 0.3) is 0 Å². The minimum atomic E-state index is -1.06. The van der Waals surface area contributed by atoms with Gasteiger partial charge in [0.25, 0.3) is 0 Å². The topological polar surface area (TPSA) is 58.2 Å². The summed E-state index contributed by atoms with van der Waals surface area (Å²) < 4.78 is 25.7. The summed E-state index contributed by atoms with van der Waals surface area (Å²) in [7, 11) is 0. The second-order valence-electron chi connectivity index (χ2n) is 4.88. The second kappa shape index (κ2) is 8.05. The molecule has 1 aromatic rings. The van der Waals surface area contributed by atoms with Gasteiger partial charge in [-0.2, -0.15) is 0 Å². The summed E-state index contributed by atoms with van der Waals surface area (Å²) in [6.07, 6.45) is 0.0395. The van der Waals surface area contributed by atoms with Crippen LogP contribution in [0.15, 0.2) is 18.2 Å². The minimum Gasteiger partial charge on any atom is -0.356 e. The Hall–Kier alpha value is -1.53. The molecule has 0 atom stereocenters. The molecule has 2 N–H and O–H groups in total. The number of nitrogens with one attached hydrogen (secondary N) is 2. The lowest BCUT2D eigenvalue weighted by molar-refractivity contribution is -0.121. The summed E-state index contributed by atoms with van der Waals surface area (Å²) in [4.78, 5) is 23.3. The van der Waals surface area contributed by atoms with Gasteiger partial charge in [-0.15, -0.1) is 12.4 Å². The molecule has 7 heteroatoms. The van der Waals surface area contributed by atoms with Gasteiger partial charge in [0.2, 0.25) is 5.91 Å². The number of carbonyl (C=O) groups is 2. The summed E-state index contributed by atoms with van der Waals surface area (Å²) in [6.45, 7) is 2.40. The number of rotatable bonds is 6. The van der Waals surface area contributed by atoms with E-state index >= 15 is 0 Å². The van der Waals surface area contributed by atoms with E-state index in [1.807, 2.05) is 0 Å². The maximum Gasteiger partial charge on any atom is 0.220 e. The summed E-state index contributed by atoms with van der Waals surface area (Å²) >= 11 is 0. The second-order valence-corrected chi connectivity index (χ2v) is 4.88. The average molecular weight is 319 g/mol. The van der Waals surface area contributed by atoms with E-state index in [-0.39, 0.29) is 42.5 Å². The van der Waals surface area contributed by atoms with Gasteiger partial charge in [0.05, 0.1) is 0 Å². The lowest BCUT2D eigenvalue weighted by Crippen LogP contribution is -2.48. The summed E-state index contributed by atoms with van der Waals surface area (Å²) in [5, 5.41) is 5.84. The van der Waals surface area contributed by atoms with Crippen LogP contribution in [0.2, 0.25) is 0 Å². The highest BCUT2D eigenvalue weighted by molar-refractivity contribution is 5.97. The van der Waals surface area contributed by atoms with Crippen LogP contribution >= 0.6 is 12.4 Å². The summed E-state index contributed by atoms with van der Waals surface area (Å²) in [5.74, 6) is -2.16. The first kappa shape index (κ1) is 17.5. The van der Waals surface area contributed by atoms with Crippen LogP contribution in [0.3, 0.4) is 0 Å². The Labute approximate surface area is 127 Å².